The Bertz CT molecular complexity index is 438. The molecule has 1 aromatic rings. The number of benzene rings is 1. The summed E-state index contributed by atoms with van der Waals surface area (Å²) in [6, 6.07) is 8.36. The average Bonchev–Trinajstić information content (AvgIpc) is 2.45. The lowest BCUT2D eigenvalue weighted by Gasteiger charge is -2.33. The van der Waals surface area contributed by atoms with Crippen molar-refractivity contribution in [2.24, 2.45) is 5.92 Å². The minimum atomic E-state index is -4.05. The summed E-state index contributed by atoms with van der Waals surface area (Å²) < 4.78 is 38.6. The number of rotatable bonds is 4. The van der Waals surface area contributed by atoms with Crippen LogP contribution in [0.2, 0.25) is 0 Å². The Morgan fingerprint density at radius 1 is 1.19 bits per heavy atom. The Balaban J connectivity index is 1.99. The molecule has 21 heavy (non-hydrogen) atoms. The van der Waals surface area contributed by atoms with Crippen molar-refractivity contribution in [1.29, 1.82) is 0 Å². The molecule has 0 bridgehead atoms. The van der Waals surface area contributed by atoms with E-state index in [-0.39, 0.29) is 24.9 Å². The number of aryl methyl sites for hydroxylation is 1. The first-order valence-corrected chi connectivity index (χ1v) is 7.79. The van der Waals surface area contributed by atoms with E-state index in [0.717, 1.165) is 18.4 Å². The second-order valence-corrected chi connectivity index (χ2v) is 6.14. The molecule has 118 valence electrons. The van der Waals surface area contributed by atoms with Crippen molar-refractivity contribution in [3.63, 3.8) is 0 Å². The molecule has 0 saturated heterocycles. The Hall–Kier alpha value is -1.03. The summed E-state index contributed by atoms with van der Waals surface area (Å²) >= 11 is 0. The lowest BCUT2D eigenvalue weighted by atomic mass is 9.84. The van der Waals surface area contributed by atoms with Crippen LogP contribution in [-0.4, -0.2) is 12.2 Å². The van der Waals surface area contributed by atoms with E-state index in [1.165, 1.54) is 5.56 Å². The smallest absolute Gasteiger partial charge is 0.307 e. The molecule has 3 atom stereocenters. The predicted octanol–water partition coefficient (Wildman–Crippen LogP) is 5.16. The molecule has 0 amide bonds. The van der Waals surface area contributed by atoms with Gasteiger partial charge in [-0.25, -0.2) is 0 Å². The monoisotopic (exact) mass is 299 g/mol. The van der Waals surface area contributed by atoms with Crippen LogP contribution in [0.5, 0.6) is 0 Å². The first-order chi connectivity index (χ1) is 9.90. The number of alkyl halides is 3. The zero-order valence-corrected chi connectivity index (χ0v) is 12.7. The summed E-state index contributed by atoms with van der Waals surface area (Å²) in [6.45, 7) is 4.11. The fraction of sp³-hybridized carbons (Fsp3) is 0.647. The topological polar surface area (TPSA) is 12.0 Å². The molecule has 1 aliphatic rings. The highest BCUT2D eigenvalue weighted by molar-refractivity contribution is 5.24. The average molecular weight is 299 g/mol. The van der Waals surface area contributed by atoms with Gasteiger partial charge >= 0.3 is 6.18 Å². The molecule has 1 saturated carbocycles. The first kappa shape index (κ1) is 16.3. The van der Waals surface area contributed by atoms with Gasteiger partial charge in [-0.2, -0.15) is 13.2 Å². The molecule has 0 heterocycles. The molecule has 0 spiro atoms. The summed E-state index contributed by atoms with van der Waals surface area (Å²) in [5, 5.41) is 3.44. The molecule has 3 unspecified atom stereocenters. The van der Waals surface area contributed by atoms with E-state index >= 15 is 0 Å². The maximum Gasteiger partial charge on any atom is 0.391 e. The molecule has 1 fully saturated rings. The normalized spacial score (nSPS) is 24.8. The van der Waals surface area contributed by atoms with Crippen molar-refractivity contribution in [2.45, 2.75) is 64.2 Å². The Morgan fingerprint density at radius 2 is 1.86 bits per heavy atom. The predicted molar refractivity (Wildman–Crippen MR) is 79.1 cm³/mol. The fourth-order valence-corrected chi connectivity index (χ4v) is 3.17. The minimum Gasteiger partial charge on any atom is -0.307 e. The Kier molecular flexibility index (Phi) is 5.31. The van der Waals surface area contributed by atoms with Gasteiger partial charge in [-0.3, -0.25) is 0 Å². The highest BCUT2D eigenvalue weighted by atomic mass is 19.4. The van der Waals surface area contributed by atoms with E-state index in [9.17, 15) is 13.2 Å². The molecule has 0 aromatic heterocycles. The van der Waals surface area contributed by atoms with E-state index in [0.29, 0.717) is 6.42 Å². The van der Waals surface area contributed by atoms with Crippen LogP contribution in [0.25, 0.3) is 0 Å². The SMILES string of the molecule is CCC(NC1CCCC(C(F)(F)F)C1)c1ccc(C)cc1. The Labute approximate surface area is 124 Å². The summed E-state index contributed by atoms with van der Waals surface area (Å²) in [7, 11) is 0. The van der Waals surface area contributed by atoms with Gasteiger partial charge in [-0.15, -0.1) is 0 Å². The van der Waals surface area contributed by atoms with E-state index in [1.54, 1.807) is 0 Å². The lowest BCUT2D eigenvalue weighted by Crippen LogP contribution is -2.40. The van der Waals surface area contributed by atoms with Gasteiger partial charge in [0.1, 0.15) is 0 Å². The second-order valence-electron chi connectivity index (χ2n) is 6.14. The summed E-state index contributed by atoms with van der Waals surface area (Å²) in [6.07, 6.45) is -1.17. The second kappa shape index (κ2) is 6.82. The van der Waals surface area contributed by atoms with Crippen LogP contribution >= 0.6 is 0 Å². The van der Waals surface area contributed by atoms with Crippen LogP contribution < -0.4 is 5.32 Å². The van der Waals surface area contributed by atoms with Crippen LogP contribution in [0.15, 0.2) is 24.3 Å². The minimum absolute atomic E-state index is 0.0309. The molecule has 1 N–H and O–H groups in total. The third-order valence-corrected chi connectivity index (χ3v) is 4.46. The third-order valence-electron chi connectivity index (χ3n) is 4.46. The number of hydrogen-bond donors (Lipinski definition) is 1. The van der Waals surface area contributed by atoms with Gasteiger partial charge in [-0.05, 0) is 38.2 Å². The summed E-state index contributed by atoms with van der Waals surface area (Å²) in [4.78, 5) is 0. The van der Waals surface area contributed by atoms with E-state index in [4.69, 9.17) is 0 Å². The molecular weight excluding hydrogens is 275 g/mol. The summed E-state index contributed by atoms with van der Waals surface area (Å²) in [5.74, 6) is -1.14. The van der Waals surface area contributed by atoms with Gasteiger partial charge in [0, 0.05) is 12.1 Å². The van der Waals surface area contributed by atoms with Crippen LogP contribution in [0.3, 0.4) is 0 Å². The highest BCUT2D eigenvalue weighted by Gasteiger charge is 2.42. The van der Waals surface area contributed by atoms with Crippen molar-refractivity contribution in [3.8, 4) is 0 Å². The van der Waals surface area contributed by atoms with Crippen molar-refractivity contribution < 1.29 is 13.2 Å². The van der Waals surface area contributed by atoms with Crippen molar-refractivity contribution >= 4 is 0 Å². The van der Waals surface area contributed by atoms with Crippen LogP contribution in [-0.2, 0) is 0 Å². The maximum atomic E-state index is 12.9. The molecule has 1 aromatic carbocycles. The van der Waals surface area contributed by atoms with Crippen LogP contribution in [0.1, 0.15) is 56.2 Å². The largest absolute Gasteiger partial charge is 0.391 e. The molecule has 1 nitrogen and oxygen atoms in total. The molecule has 2 rings (SSSR count). The number of nitrogens with one attached hydrogen (secondary N) is 1. The molecule has 4 heteroatoms. The van der Waals surface area contributed by atoms with Crippen LogP contribution in [0, 0.1) is 12.8 Å². The fourth-order valence-electron chi connectivity index (χ4n) is 3.17. The highest BCUT2D eigenvalue weighted by Crippen LogP contribution is 2.38. The Morgan fingerprint density at radius 3 is 2.43 bits per heavy atom. The molecule has 0 aliphatic heterocycles. The maximum absolute atomic E-state index is 12.9. The number of halogens is 3. The summed E-state index contributed by atoms with van der Waals surface area (Å²) in [5.41, 5.74) is 2.36. The van der Waals surface area contributed by atoms with Gasteiger partial charge in [0.05, 0.1) is 5.92 Å². The van der Waals surface area contributed by atoms with Gasteiger partial charge in [-0.1, -0.05) is 43.2 Å². The van der Waals surface area contributed by atoms with Crippen molar-refractivity contribution in [3.05, 3.63) is 35.4 Å². The van der Waals surface area contributed by atoms with E-state index < -0.39 is 12.1 Å². The first-order valence-electron chi connectivity index (χ1n) is 7.79. The van der Waals surface area contributed by atoms with Crippen molar-refractivity contribution in [2.75, 3.05) is 0 Å². The van der Waals surface area contributed by atoms with Crippen molar-refractivity contribution in [1.82, 2.24) is 5.32 Å². The lowest BCUT2D eigenvalue weighted by molar-refractivity contribution is -0.183. The molecule has 1 aliphatic carbocycles. The zero-order valence-electron chi connectivity index (χ0n) is 12.7. The zero-order chi connectivity index (χ0) is 15.5. The van der Waals surface area contributed by atoms with E-state index in [1.807, 2.05) is 6.92 Å². The van der Waals surface area contributed by atoms with E-state index in [2.05, 4.69) is 36.5 Å². The molecular formula is C17H24F3N. The van der Waals surface area contributed by atoms with Gasteiger partial charge in [0.25, 0.3) is 0 Å². The van der Waals surface area contributed by atoms with Gasteiger partial charge in [0.2, 0.25) is 0 Å². The standard InChI is InChI=1S/C17H24F3N/c1-3-16(13-9-7-12(2)8-10-13)21-15-6-4-5-14(11-15)17(18,19)20/h7-10,14-16,21H,3-6,11H2,1-2H3. The quantitative estimate of drug-likeness (QED) is 0.810. The third kappa shape index (κ3) is 4.47. The van der Waals surface area contributed by atoms with Gasteiger partial charge in [0.15, 0.2) is 0 Å². The van der Waals surface area contributed by atoms with Gasteiger partial charge < -0.3 is 5.32 Å². The molecule has 0 radical (unpaired) electrons. The number of hydrogen-bond acceptors (Lipinski definition) is 1. The van der Waals surface area contributed by atoms with Crippen LogP contribution in [0.4, 0.5) is 13.2 Å².